The van der Waals surface area contributed by atoms with Crippen LogP contribution in [0.4, 0.5) is 0 Å². The van der Waals surface area contributed by atoms with Gasteiger partial charge in [-0.05, 0) is 54.4 Å². The number of fused-ring (bicyclic) bond motifs is 1. The molecule has 19 heavy (non-hydrogen) atoms. The number of hydrogen-bond donors (Lipinski definition) is 2. The van der Waals surface area contributed by atoms with Gasteiger partial charge in [0.05, 0.1) is 0 Å². The van der Waals surface area contributed by atoms with E-state index < -0.39 is 0 Å². The number of rotatable bonds is 2. The van der Waals surface area contributed by atoms with E-state index in [1.165, 1.54) is 4.70 Å². The molecule has 0 aliphatic carbocycles. The molecule has 102 valence electrons. The van der Waals surface area contributed by atoms with Gasteiger partial charge in [-0.3, -0.25) is 4.79 Å². The van der Waals surface area contributed by atoms with Gasteiger partial charge in [0.1, 0.15) is 0 Å². The third-order valence-corrected chi connectivity index (χ3v) is 4.24. The van der Waals surface area contributed by atoms with Crippen LogP contribution in [0.1, 0.15) is 23.2 Å². The monoisotopic (exact) mass is 296 g/mol. The highest BCUT2D eigenvalue weighted by atomic mass is 35.5. The number of benzene rings is 1. The largest absolute Gasteiger partial charge is 0.348 e. The molecule has 3 nitrogen and oxygen atoms in total. The van der Waals surface area contributed by atoms with Crippen molar-refractivity contribution < 1.29 is 4.79 Å². The molecule has 2 aromatic rings. The highest BCUT2D eigenvalue weighted by Gasteiger charge is 2.16. The molecule has 1 aliphatic rings. The maximum atomic E-state index is 12.1. The molecule has 1 atom stereocenters. The zero-order valence-corrected chi connectivity index (χ0v) is 12.2. The highest BCUT2D eigenvalue weighted by molar-refractivity contribution is 7.17. The fourth-order valence-electron chi connectivity index (χ4n) is 2.35. The molecule has 1 aromatic carbocycles. The van der Waals surface area contributed by atoms with Gasteiger partial charge in [0.15, 0.2) is 0 Å². The Labute approximate surface area is 122 Å². The third kappa shape index (κ3) is 3.26. The van der Waals surface area contributed by atoms with Crippen molar-refractivity contribution in [3.05, 3.63) is 35.2 Å². The molecular formula is C14H17ClN2OS. The van der Waals surface area contributed by atoms with Crippen molar-refractivity contribution in [3.63, 3.8) is 0 Å². The second-order valence-corrected chi connectivity index (χ2v) is 5.64. The van der Waals surface area contributed by atoms with Crippen LogP contribution in [0.3, 0.4) is 0 Å². The Hall–Kier alpha value is -1.10. The number of carbonyl (C=O) groups excluding carboxylic acids is 1. The average Bonchev–Trinajstić information content (AvgIpc) is 2.87. The summed E-state index contributed by atoms with van der Waals surface area (Å²) in [5.74, 6) is 0.0387. The molecular weight excluding hydrogens is 280 g/mol. The minimum atomic E-state index is 0. The van der Waals surface area contributed by atoms with E-state index in [2.05, 4.69) is 22.1 Å². The Morgan fingerprint density at radius 1 is 1.37 bits per heavy atom. The van der Waals surface area contributed by atoms with Crippen LogP contribution in [0.2, 0.25) is 0 Å². The Balaban J connectivity index is 0.00000133. The first kappa shape index (κ1) is 14.3. The average molecular weight is 297 g/mol. The van der Waals surface area contributed by atoms with E-state index in [0.29, 0.717) is 0 Å². The lowest BCUT2D eigenvalue weighted by Gasteiger charge is -2.23. The molecule has 2 heterocycles. The van der Waals surface area contributed by atoms with Crippen molar-refractivity contribution in [2.24, 2.45) is 0 Å². The molecule has 1 aliphatic heterocycles. The molecule has 1 saturated heterocycles. The number of nitrogens with one attached hydrogen (secondary N) is 2. The van der Waals surface area contributed by atoms with Gasteiger partial charge in [-0.1, -0.05) is 0 Å². The first-order valence-corrected chi connectivity index (χ1v) is 7.20. The maximum Gasteiger partial charge on any atom is 0.251 e. The van der Waals surface area contributed by atoms with Gasteiger partial charge in [-0.2, -0.15) is 0 Å². The lowest BCUT2D eigenvalue weighted by atomic mass is 10.1. The summed E-state index contributed by atoms with van der Waals surface area (Å²) in [5.41, 5.74) is 0.756. The van der Waals surface area contributed by atoms with E-state index in [1.54, 1.807) is 11.3 Å². The molecule has 0 saturated carbocycles. The van der Waals surface area contributed by atoms with Gasteiger partial charge < -0.3 is 10.6 Å². The van der Waals surface area contributed by atoms with Crippen molar-refractivity contribution in [2.45, 2.75) is 18.9 Å². The van der Waals surface area contributed by atoms with E-state index in [4.69, 9.17) is 0 Å². The quantitative estimate of drug-likeness (QED) is 0.895. The van der Waals surface area contributed by atoms with Crippen LogP contribution in [0.15, 0.2) is 29.6 Å². The van der Waals surface area contributed by atoms with Crippen molar-refractivity contribution in [1.29, 1.82) is 0 Å². The van der Waals surface area contributed by atoms with Crippen molar-refractivity contribution in [3.8, 4) is 0 Å². The number of amides is 1. The van der Waals surface area contributed by atoms with Gasteiger partial charge in [-0.15, -0.1) is 23.7 Å². The van der Waals surface area contributed by atoms with Crippen LogP contribution < -0.4 is 10.6 Å². The van der Waals surface area contributed by atoms with Crippen LogP contribution in [0.5, 0.6) is 0 Å². The summed E-state index contributed by atoms with van der Waals surface area (Å²) in [6.45, 7) is 1.94. The molecule has 3 rings (SSSR count). The number of thiophene rings is 1. The fourth-order valence-corrected chi connectivity index (χ4v) is 3.12. The first-order chi connectivity index (χ1) is 8.83. The Bertz CT molecular complexity index is 563. The normalized spacial score (nSPS) is 18.8. The molecule has 1 unspecified atom stereocenters. The number of piperidine rings is 1. The smallest absolute Gasteiger partial charge is 0.251 e. The van der Waals surface area contributed by atoms with E-state index in [1.807, 2.05) is 18.2 Å². The summed E-state index contributed by atoms with van der Waals surface area (Å²) in [5, 5.41) is 9.60. The number of hydrogen-bond acceptors (Lipinski definition) is 3. The van der Waals surface area contributed by atoms with E-state index in [-0.39, 0.29) is 24.4 Å². The van der Waals surface area contributed by atoms with Gasteiger partial charge in [0, 0.05) is 22.8 Å². The van der Waals surface area contributed by atoms with Crippen LogP contribution >= 0.6 is 23.7 Å². The SMILES string of the molecule is Cl.O=C(NC1CCCNC1)c1ccc2sccc2c1. The lowest BCUT2D eigenvalue weighted by molar-refractivity contribution is 0.0931. The van der Waals surface area contributed by atoms with Crippen molar-refractivity contribution in [1.82, 2.24) is 10.6 Å². The summed E-state index contributed by atoms with van der Waals surface area (Å²) in [4.78, 5) is 12.1. The molecule has 0 bridgehead atoms. The fraction of sp³-hybridized carbons (Fsp3) is 0.357. The topological polar surface area (TPSA) is 41.1 Å². The Morgan fingerprint density at radius 2 is 2.26 bits per heavy atom. The second-order valence-electron chi connectivity index (χ2n) is 4.69. The van der Waals surface area contributed by atoms with Gasteiger partial charge in [-0.25, -0.2) is 0 Å². The zero-order chi connectivity index (χ0) is 12.4. The standard InChI is InChI=1S/C14H16N2OS.ClH/c17-14(16-12-2-1-6-15-9-12)11-3-4-13-10(8-11)5-7-18-13;/h3-5,7-8,12,15H,1-2,6,9H2,(H,16,17);1H. The van der Waals surface area contributed by atoms with Gasteiger partial charge >= 0.3 is 0 Å². The molecule has 5 heteroatoms. The first-order valence-electron chi connectivity index (χ1n) is 6.32. The molecule has 0 spiro atoms. The maximum absolute atomic E-state index is 12.1. The Morgan fingerprint density at radius 3 is 3.05 bits per heavy atom. The zero-order valence-electron chi connectivity index (χ0n) is 10.5. The van der Waals surface area contributed by atoms with Crippen molar-refractivity contribution in [2.75, 3.05) is 13.1 Å². The molecule has 1 amide bonds. The van der Waals surface area contributed by atoms with Crippen molar-refractivity contribution >= 4 is 39.7 Å². The number of carbonyl (C=O) groups is 1. The third-order valence-electron chi connectivity index (χ3n) is 3.35. The number of halogens is 1. The predicted molar refractivity (Wildman–Crippen MR) is 82.4 cm³/mol. The van der Waals surface area contributed by atoms with E-state index in [9.17, 15) is 4.79 Å². The molecule has 2 N–H and O–H groups in total. The minimum absolute atomic E-state index is 0. The lowest BCUT2D eigenvalue weighted by Crippen LogP contribution is -2.45. The van der Waals surface area contributed by atoms with E-state index in [0.717, 1.165) is 36.9 Å². The van der Waals surface area contributed by atoms with Gasteiger partial charge in [0.2, 0.25) is 0 Å². The molecule has 1 fully saturated rings. The highest BCUT2D eigenvalue weighted by Crippen LogP contribution is 2.21. The summed E-state index contributed by atoms with van der Waals surface area (Å²) < 4.78 is 1.23. The second kappa shape index (κ2) is 6.37. The summed E-state index contributed by atoms with van der Waals surface area (Å²) >= 11 is 1.70. The van der Waals surface area contributed by atoms with Crippen LogP contribution in [0.25, 0.3) is 10.1 Å². The molecule has 0 radical (unpaired) electrons. The summed E-state index contributed by atoms with van der Waals surface area (Å²) in [6.07, 6.45) is 2.20. The van der Waals surface area contributed by atoms with Crippen LogP contribution in [-0.2, 0) is 0 Å². The van der Waals surface area contributed by atoms with Crippen LogP contribution in [-0.4, -0.2) is 25.0 Å². The summed E-state index contributed by atoms with van der Waals surface area (Å²) in [7, 11) is 0. The predicted octanol–water partition coefficient (Wildman–Crippen LogP) is 2.80. The van der Waals surface area contributed by atoms with Crippen LogP contribution in [0, 0.1) is 0 Å². The summed E-state index contributed by atoms with van der Waals surface area (Å²) in [6, 6.07) is 8.22. The molecule has 1 aromatic heterocycles. The minimum Gasteiger partial charge on any atom is -0.348 e. The Kier molecular flexibility index (Phi) is 4.80. The van der Waals surface area contributed by atoms with Gasteiger partial charge in [0.25, 0.3) is 5.91 Å². The van der Waals surface area contributed by atoms with E-state index >= 15 is 0 Å².